The molecule has 1 heterocycles. The van der Waals surface area contributed by atoms with E-state index < -0.39 is 35.7 Å². The molecular weight excluding hydrogens is 346 g/mol. The van der Waals surface area contributed by atoms with E-state index in [9.17, 15) is 19.5 Å². The highest BCUT2D eigenvalue weighted by atomic mass is 16.5. The third-order valence-electron chi connectivity index (χ3n) is 4.33. The number of pyridine rings is 1. The van der Waals surface area contributed by atoms with Crippen LogP contribution in [0.5, 0.6) is 0 Å². The van der Waals surface area contributed by atoms with Crippen molar-refractivity contribution in [3.63, 3.8) is 0 Å². The molecular formula is C21H23NO5. The van der Waals surface area contributed by atoms with Crippen LogP contribution in [0.2, 0.25) is 0 Å². The van der Waals surface area contributed by atoms with Gasteiger partial charge in [0.1, 0.15) is 0 Å². The van der Waals surface area contributed by atoms with Crippen LogP contribution >= 0.6 is 0 Å². The Balaban J connectivity index is 2.35. The van der Waals surface area contributed by atoms with E-state index in [-0.39, 0.29) is 6.42 Å². The van der Waals surface area contributed by atoms with Crippen LogP contribution in [0.4, 0.5) is 0 Å². The summed E-state index contributed by atoms with van der Waals surface area (Å²) in [6.45, 7) is 3.46. The van der Waals surface area contributed by atoms with Crippen molar-refractivity contribution in [2.75, 3.05) is 0 Å². The van der Waals surface area contributed by atoms with Crippen LogP contribution in [0.3, 0.4) is 0 Å². The molecule has 142 valence electrons. The lowest BCUT2D eigenvalue weighted by Crippen LogP contribution is -2.38. The summed E-state index contributed by atoms with van der Waals surface area (Å²) >= 11 is 0. The number of ketones is 1. The van der Waals surface area contributed by atoms with E-state index in [1.165, 1.54) is 6.20 Å². The Morgan fingerprint density at radius 1 is 1.07 bits per heavy atom. The Kier molecular flexibility index (Phi) is 7.23. The smallest absolute Gasteiger partial charge is 0.328 e. The summed E-state index contributed by atoms with van der Waals surface area (Å²) in [6.07, 6.45) is 1.85. The van der Waals surface area contributed by atoms with Crippen LogP contribution in [0.1, 0.15) is 37.4 Å². The number of aromatic nitrogens is 1. The van der Waals surface area contributed by atoms with Gasteiger partial charge in [-0.2, -0.15) is 0 Å². The highest BCUT2D eigenvalue weighted by Crippen LogP contribution is 2.25. The van der Waals surface area contributed by atoms with Crippen LogP contribution in [0.25, 0.3) is 0 Å². The van der Waals surface area contributed by atoms with E-state index in [2.05, 4.69) is 4.98 Å². The molecule has 2 rings (SSSR count). The van der Waals surface area contributed by atoms with Crippen LogP contribution in [-0.2, 0) is 25.5 Å². The molecule has 0 saturated heterocycles. The molecule has 0 spiro atoms. The summed E-state index contributed by atoms with van der Waals surface area (Å²) in [5.41, 5.74) is 1.27. The maximum absolute atomic E-state index is 13.1. The first kappa shape index (κ1) is 20.3. The number of nitrogens with zero attached hydrogens (tertiary/aromatic N) is 1. The molecule has 0 aliphatic rings. The quantitative estimate of drug-likeness (QED) is 0.539. The average molecular weight is 369 g/mol. The molecule has 0 aliphatic carbocycles. The van der Waals surface area contributed by atoms with Crippen molar-refractivity contribution in [1.82, 2.24) is 4.98 Å². The Bertz CT molecular complexity index is 776. The predicted molar refractivity (Wildman–Crippen MR) is 99.1 cm³/mol. The number of hydrogen-bond donors (Lipinski definition) is 1. The Morgan fingerprint density at radius 2 is 1.74 bits per heavy atom. The zero-order valence-electron chi connectivity index (χ0n) is 15.4. The number of benzene rings is 1. The number of carbonyl (C=O) groups excluding carboxylic acids is 2. The van der Waals surface area contributed by atoms with Crippen molar-refractivity contribution >= 4 is 17.7 Å². The normalized spacial score (nSPS) is 14.0. The van der Waals surface area contributed by atoms with Gasteiger partial charge in [0, 0.05) is 6.20 Å². The molecule has 6 nitrogen and oxygen atoms in total. The minimum atomic E-state index is -1.88. The summed E-state index contributed by atoms with van der Waals surface area (Å²) in [6, 6.07) is 14.3. The van der Waals surface area contributed by atoms with Crippen molar-refractivity contribution in [2.45, 2.75) is 38.7 Å². The van der Waals surface area contributed by atoms with Crippen LogP contribution < -0.4 is 0 Å². The third-order valence-corrected chi connectivity index (χ3v) is 4.33. The first-order valence-corrected chi connectivity index (χ1v) is 8.85. The van der Waals surface area contributed by atoms with Crippen molar-refractivity contribution in [3.05, 3.63) is 66.0 Å². The second-order valence-electron chi connectivity index (χ2n) is 6.33. The fourth-order valence-corrected chi connectivity index (χ4v) is 2.67. The lowest BCUT2D eigenvalue weighted by atomic mass is 9.85. The number of carbonyl (C=O) groups is 3. The van der Waals surface area contributed by atoms with Crippen LogP contribution in [0, 0.1) is 5.92 Å². The minimum absolute atomic E-state index is 0.247. The number of ether oxygens (including phenoxy) is 1. The van der Waals surface area contributed by atoms with E-state index in [0.717, 1.165) is 5.56 Å². The number of hydrogen-bond acceptors (Lipinski definition) is 5. The summed E-state index contributed by atoms with van der Waals surface area (Å²) in [7, 11) is 0. The molecule has 0 bridgehead atoms. The van der Waals surface area contributed by atoms with Gasteiger partial charge in [-0.05, 0) is 37.5 Å². The molecule has 1 aromatic heterocycles. The second kappa shape index (κ2) is 9.62. The second-order valence-corrected chi connectivity index (χ2v) is 6.33. The molecule has 1 N–H and O–H groups in total. The van der Waals surface area contributed by atoms with E-state index in [0.29, 0.717) is 12.1 Å². The minimum Gasteiger partial charge on any atom is -0.480 e. The first-order valence-electron chi connectivity index (χ1n) is 8.85. The molecule has 0 aliphatic heterocycles. The topological polar surface area (TPSA) is 93.6 Å². The van der Waals surface area contributed by atoms with Crippen molar-refractivity contribution in [1.29, 1.82) is 0 Å². The predicted octanol–water partition coefficient (Wildman–Crippen LogP) is 3.02. The summed E-state index contributed by atoms with van der Waals surface area (Å²) in [4.78, 5) is 41.3. The van der Waals surface area contributed by atoms with Crippen molar-refractivity contribution in [3.8, 4) is 0 Å². The number of carboxylic acid groups (broad SMARTS) is 1. The first-order chi connectivity index (χ1) is 12.9. The van der Waals surface area contributed by atoms with Gasteiger partial charge in [-0.15, -0.1) is 0 Å². The van der Waals surface area contributed by atoms with E-state index in [1.54, 1.807) is 25.1 Å². The molecule has 0 saturated carbocycles. The van der Waals surface area contributed by atoms with Gasteiger partial charge in [0.2, 0.25) is 5.92 Å². The Hall–Kier alpha value is -3.02. The molecule has 3 unspecified atom stereocenters. The highest BCUT2D eigenvalue weighted by Gasteiger charge is 2.41. The van der Waals surface area contributed by atoms with Gasteiger partial charge < -0.3 is 9.84 Å². The maximum atomic E-state index is 13.1. The number of carboxylic acids is 1. The monoisotopic (exact) mass is 369 g/mol. The van der Waals surface area contributed by atoms with Gasteiger partial charge in [0.05, 0.1) is 17.7 Å². The molecule has 0 amide bonds. The SMILES string of the molecule is CCC(C)OC(=O)C(C(=O)O)C(=O)C(Cc1ccccc1)c1ccccn1. The standard InChI is InChI=1S/C21H23NO5/c1-3-14(2)27-21(26)18(20(24)25)19(23)16(17-11-7-8-12-22-17)13-15-9-5-4-6-10-15/h4-12,14,16,18H,3,13H2,1-2H3,(H,24,25). The van der Waals surface area contributed by atoms with Gasteiger partial charge in [0.15, 0.2) is 5.78 Å². The van der Waals surface area contributed by atoms with E-state index in [4.69, 9.17) is 4.74 Å². The van der Waals surface area contributed by atoms with Crippen LogP contribution in [0.15, 0.2) is 54.7 Å². The third kappa shape index (κ3) is 5.48. The molecule has 1 aromatic carbocycles. The van der Waals surface area contributed by atoms with Gasteiger partial charge in [-0.3, -0.25) is 19.4 Å². The molecule has 6 heteroatoms. The van der Waals surface area contributed by atoms with Crippen molar-refractivity contribution < 1.29 is 24.2 Å². The Morgan fingerprint density at radius 3 is 2.30 bits per heavy atom. The molecule has 2 aromatic rings. The van der Waals surface area contributed by atoms with Gasteiger partial charge in [0.25, 0.3) is 0 Å². The molecule has 0 radical (unpaired) electrons. The highest BCUT2D eigenvalue weighted by molar-refractivity contribution is 6.16. The van der Waals surface area contributed by atoms with Crippen LogP contribution in [-0.4, -0.2) is 33.9 Å². The largest absolute Gasteiger partial charge is 0.480 e. The lowest BCUT2D eigenvalue weighted by molar-refractivity contribution is -0.164. The summed E-state index contributed by atoms with van der Waals surface area (Å²) in [5.74, 6) is -6.01. The van der Waals surface area contributed by atoms with Crippen molar-refractivity contribution in [2.24, 2.45) is 5.92 Å². The maximum Gasteiger partial charge on any atom is 0.328 e. The number of Topliss-reactive ketones (excluding diaryl/α,β-unsaturated/α-hetero) is 1. The lowest BCUT2D eigenvalue weighted by Gasteiger charge is -2.20. The van der Waals surface area contributed by atoms with Gasteiger partial charge >= 0.3 is 11.9 Å². The average Bonchev–Trinajstić information content (AvgIpc) is 2.67. The Labute approximate surface area is 158 Å². The van der Waals surface area contributed by atoms with Gasteiger partial charge in [-0.1, -0.05) is 43.3 Å². The zero-order valence-corrected chi connectivity index (χ0v) is 15.4. The van der Waals surface area contributed by atoms with E-state index in [1.807, 2.05) is 37.3 Å². The summed E-state index contributed by atoms with van der Waals surface area (Å²) < 4.78 is 5.12. The summed E-state index contributed by atoms with van der Waals surface area (Å²) in [5, 5.41) is 9.52. The fourth-order valence-electron chi connectivity index (χ4n) is 2.67. The molecule has 3 atom stereocenters. The number of rotatable bonds is 9. The number of aliphatic carboxylic acids is 1. The van der Waals surface area contributed by atoms with E-state index >= 15 is 0 Å². The fraction of sp³-hybridized carbons (Fsp3) is 0.333. The molecule has 27 heavy (non-hydrogen) atoms. The van der Waals surface area contributed by atoms with Gasteiger partial charge in [-0.25, -0.2) is 0 Å². The zero-order chi connectivity index (χ0) is 19.8. The number of esters is 1. The molecule has 0 fully saturated rings.